The average molecular weight is 285 g/mol. The van der Waals surface area contributed by atoms with Crippen molar-refractivity contribution >= 4 is 11.5 Å². The van der Waals surface area contributed by atoms with E-state index in [1.807, 2.05) is 0 Å². The highest BCUT2D eigenvalue weighted by atomic mass is 16.6. The number of hydrogen-bond acceptors (Lipinski definition) is 7. The molecular weight excluding hydrogens is 274 g/mol. The van der Waals surface area contributed by atoms with Crippen molar-refractivity contribution in [3.63, 3.8) is 0 Å². The van der Waals surface area contributed by atoms with Gasteiger partial charge in [-0.05, 0) is 17.7 Å². The summed E-state index contributed by atoms with van der Waals surface area (Å²) < 4.78 is 5.01. The van der Waals surface area contributed by atoms with Gasteiger partial charge in [0.25, 0.3) is 0 Å². The molecule has 21 heavy (non-hydrogen) atoms. The van der Waals surface area contributed by atoms with Crippen molar-refractivity contribution in [1.82, 2.24) is 9.97 Å². The number of aromatic nitrogens is 2. The van der Waals surface area contributed by atoms with E-state index in [2.05, 4.69) is 15.3 Å². The third-order valence-electron chi connectivity index (χ3n) is 2.66. The summed E-state index contributed by atoms with van der Waals surface area (Å²) in [6, 6.07) is 7.97. The standard InChI is InChI=1S/C13H11N5O3/c1-21-13-6-9(4-5-15-13)8-16-12-3-2-11(18(19)20)10(7-14)17-12/h2-6H,8H2,1H3,(H,16,17). The molecule has 2 aromatic rings. The zero-order valence-electron chi connectivity index (χ0n) is 11.1. The maximum atomic E-state index is 10.7. The van der Waals surface area contributed by atoms with Crippen molar-refractivity contribution in [1.29, 1.82) is 5.26 Å². The maximum Gasteiger partial charge on any atom is 0.305 e. The van der Waals surface area contributed by atoms with E-state index < -0.39 is 4.92 Å². The van der Waals surface area contributed by atoms with E-state index in [4.69, 9.17) is 10.00 Å². The van der Waals surface area contributed by atoms with Crippen molar-refractivity contribution < 1.29 is 9.66 Å². The first kappa shape index (κ1) is 14.2. The van der Waals surface area contributed by atoms with Gasteiger partial charge in [0.1, 0.15) is 11.9 Å². The summed E-state index contributed by atoms with van der Waals surface area (Å²) in [5.74, 6) is 0.872. The molecule has 0 aromatic carbocycles. The van der Waals surface area contributed by atoms with Crippen molar-refractivity contribution in [3.05, 3.63) is 51.8 Å². The summed E-state index contributed by atoms with van der Waals surface area (Å²) in [6.07, 6.45) is 1.61. The van der Waals surface area contributed by atoms with Crippen LogP contribution in [0.25, 0.3) is 0 Å². The number of anilines is 1. The molecule has 0 radical (unpaired) electrons. The summed E-state index contributed by atoms with van der Waals surface area (Å²) in [7, 11) is 1.52. The molecule has 8 heteroatoms. The molecule has 0 spiro atoms. The predicted molar refractivity (Wildman–Crippen MR) is 73.7 cm³/mol. The van der Waals surface area contributed by atoms with Gasteiger partial charge in [-0.2, -0.15) is 5.26 Å². The molecule has 0 fully saturated rings. The van der Waals surface area contributed by atoms with Gasteiger partial charge in [0.15, 0.2) is 0 Å². The highest BCUT2D eigenvalue weighted by molar-refractivity contribution is 5.50. The summed E-state index contributed by atoms with van der Waals surface area (Å²) >= 11 is 0. The summed E-state index contributed by atoms with van der Waals surface area (Å²) in [4.78, 5) is 18.0. The van der Waals surface area contributed by atoms with E-state index in [0.29, 0.717) is 18.2 Å². The number of methoxy groups -OCH3 is 1. The van der Waals surface area contributed by atoms with E-state index in [1.54, 1.807) is 24.4 Å². The van der Waals surface area contributed by atoms with Gasteiger partial charge in [0.05, 0.1) is 12.0 Å². The Morgan fingerprint density at radius 1 is 1.48 bits per heavy atom. The highest BCUT2D eigenvalue weighted by Crippen LogP contribution is 2.18. The Balaban J connectivity index is 2.13. The zero-order chi connectivity index (χ0) is 15.2. The fourth-order valence-electron chi connectivity index (χ4n) is 1.64. The van der Waals surface area contributed by atoms with Crippen molar-refractivity contribution in [2.75, 3.05) is 12.4 Å². The maximum absolute atomic E-state index is 10.7. The van der Waals surface area contributed by atoms with Gasteiger partial charge in [0, 0.05) is 24.9 Å². The van der Waals surface area contributed by atoms with Gasteiger partial charge in [-0.3, -0.25) is 10.1 Å². The fraction of sp³-hybridized carbons (Fsp3) is 0.154. The molecule has 1 N–H and O–H groups in total. The number of nitro groups is 1. The van der Waals surface area contributed by atoms with Crippen LogP contribution in [-0.4, -0.2) is 22.0 Å². The van der Waals surface area contributed by atoms with Crippen LogP contribution < -0.4 is 10.1 Å². The van der Waals surface area contributed by atoms with E-state index in [9.17, 15) is 10.1 Å². The van der Waals surface area contributed by atoms with Crippen LogP contribution in [-0.2, 0) is 6.54 Å². The minimum Gasteiger partial charge on any atom is -0.481 e. The SMILES string of the molecule is COc1cc(CNc2ccc([N+](=O)[O-])c(C#N)n2)ccn1. The quantitative estimate of drug-likeness (QED) is 0.658. The molecule has 2 aromatic heterocycles. The molecule has 0 bridgehead atoms. The topological polar surface area (TPSA) is 114 Å². The van der Waals surface area contributed by atoms with Crippen molar-refractivity contribution in [3.8, 4) is 11.9 Å². The summed E-state index contributed by atoms with van der Waals surface area (Å²) in [6.45, 7) is 0.425. The Labute approximate surface area is 120 Å². The Morgan fingerprint density at radius 2 is 2.29 bits per heavy atom. The van der Waals surface area contributed by atoms with E-state index in [-0.39, 0.29) is 11.4 Å². The van der Waals surface area contributed by atoms with Gasteiger partial charge < -0.3 is 10.1 Å². The van der Waals surface area contributed by atoms with Crippen LogP contribution in [0.3, 0.4) is 0 Å². The molecule has 106 valence electrons. The summed E-state index contributed by atoms with van der Waals surface area (Å²) in [5, 5.41) is 22.6. The molecule has 0 saturated heterocycles. The van der Waals surface area contributed by atoms with E-state index >= 15 is 0 Å². The lowest BCUT2D eigenvalue weighted by molar-refractivity contribution is -0.385. The molecule has 2 rings (SSSR count). The third kappa shape index (κ3) is 3.42. The van der Waals surface area contributed by atoms with Crippen LogP contribution in [0.4, 0.5) is 11.5 Å². The minimum atomic E-state index is -0.636. The fourth-order valence-corrected chi connectivity index (χ4v) is 1.64. The van der Waals surface area contributed by atoms with Gasteiger partial charge >= 0.3 is 5.69 Å². The highest BCUT2D eigenvalue weighted by Gasteiger charge is 2.15. The monoisotopic (exact) mass is 285 g/mol. The molecule has 0 aliphatic rings. The molecule has 8 nitrogen and oxygen atoms in total. The van der Waals surface area contributed by atoms with E-state index in [1.165, 1.54) is 19.2 Å². The second kappa shape index (κ2) is 6.29. The molecule has 0 aliphatic heterocycles. The first-order valence-corrected chi connectivity index (χ1v) is 5.92. The first-order valence-electron chi connectivity index (χ1n) is 5.92. The number of nitrogens with one attached hydrogen (secondary N) is 1. The normalized spacial score (nSPS) is 9.71. The van der Waals surface area contributed by atoms with Crippen molar-refractivity contribution in [2.45, 2.75) is 6.54 Å². The van der Waals surface area contributed by atoms with Crippen LogP contribution in [0.1, 0.15) is 11.3 Å². The van der Waals surface area contributed by atoms with Gasteiger partial charge in [-0.15, -0.1) is 0 Å². The molecule has 2 heterocycles. The van der Waals surface area contributed by atoms with Gasteiger partial charge in [0.2, 0.25) is 11.6 Å². The van der Waals surface area contributed by atoms with Crippen LogP contribution in [0.2, 0.25) is 0 Å². The smallest absolute Gasteiger partial charge is 0.305 e. The molecule has 0 amide bonds. The van der Waals surface area contributed by atoms with Crippen LogP contribution in [0, 0.1) is 21.4 Å². The zero-order valence-corrected chi connectivity index (χ0v) is 11.1. The number of ether oxygens (including phenoxy) is 1. The average Bonchev–Trinajstić information content (AvgIpc) is 2.52. The third-order valence-corrected chi connectivity index (χ3v) is 2.66. The number of hydrogen-bond donors (Lipinski definition) is 1. The Hall–Kier alpha value is -3.21. The number of nitrogens with zero attached hydrogens (tertiary/aromatic N) is 4. The number of rotatable bonds is 5. The lowest BCUT2D eigenvalue weighted by Crippen LogP contribution is -2.04. The van der Waals surface area contributed by atoms with Crippen molar-refractivity contribution in [2.24, 2.45) is 0 Å². The van der Waals surface area contributed by atoms with E-state index in [0.717, 1.165) is 5.56 Å². The lowest BCUT2D eigenvalue weighted by atomic mass is 10.2. The molecule has 0 saturated carbocycles. The van der Waals surface area contributed by atoms with Gasteiger partial charge in [-0.1, -0.05) is 0 Å². The second-order valence-corrected chi connectivity index (χ2v) is 3.99. The lowest BCUT2D eigenvalue weighted by Gasteiger charge is -2.07. The Kier molecular flexibility index (Phi) is 4.26. The van der Waals surface area contributed by atoms with Crippen LogP contribution in [0.5, 0.6) is 5.88 Å². The first-order chi connectivity index (χ1) is 10.1. The van der Waals surface area contributed by atoms with Crippen LogP contribution in [0.15, 0.2) is 30.5 Å². The molecule has 0 atom stereocenters. The largest absolute Gasteiger partial charge is 0.481 e. The number of nitriles is 1. The second-order valence-electron chi connectivity index (χ2n) is 3.99. The molecule has 0 aliphatic carbocycles. The Morgan fingerprint density at radius 3 is 2.95 bits per heavy atom. The predicted octanol–water partition coefficient (Wildman–Crippen LogP) is 1.88. The minimum absolute atomic E-state index is 0.225. The van der Waals surface area contributed by atoms with Crippen LogP contribution >= 0.6 is 0 Å². The molecular formula is C13H11N5O3. The molecule has 0 unspecified atom stereocenters. The van der Waals surface area contributed by atoms with Gasteiger partial charge in [-0.25, -0.2) is 9.97 Å². The number of pyridine rings is 2. The Bertz CT molecular complexity index is 711. The summed E-state index contributed by atoms with van der Waals surface area (Å²) in [5.41, 5.74) is 0.367.